The van der Waals surface area contributed by atoms with Crippen LogP contribution in [-0.2, 0) is 0 Å². The zero-order valence-corrected chi connectivity index (χ0v) is 14.1. The molecule has 0 atom stereocenters. The van der Waals surface area contributed by atoms with E-state index < -0.39 is 5.54 Å². The highest BCUT2D eigenvalue weighted by Crippen LogP contribution is 2.17. The normalized spacial score (nSPS) is 11.8. The molecule has 126 valence electrons. The van der Waals surface area contributed by atoms with E-state index in [1.807, 2.05) is 0 Å². The van der Waals surface area contributed by atoms with Gasteiger partial charge in [0.1, 0.15) is 0 Å². The van der Waals surface area contributed by atoms with Crippen LogP contribution < -0.4 is 5.73 Å². The van der Waals surface area contributed by atoms with Gasteiger partial charge in [0.05, 0.1) is 18.8 Å². The number of rotatable bonds is 15. The molecule has 0 heterocycles. The van der Waals surface area contributed by atoms with Gasteiger partial charge in [0.15, 0.2) is 0 Å². The van der Waals surface area contributed by atoms with Gasteiger partial charge in [0, 0.05) is 0 Å². The summed E-state index contributed by atoms with van der Waals surface area (Å²) in [5.41, 5.74) is 6.46. The zero-order chi connectivity index (χ0) is 16.0. The van der Waals surface area contributed by atoms with Crippen molar-refractivity contribution < 1.29 is 10.2 Å². The van der Waals surface area contributed by atoms with Crippen LogP contribution in [0, 0.1) is 0 Å². The first kappa shape index (κ1) is 20.6. The first-order chi connectivity index (χ1) is 10.1. The summed E-state index contributed by atoms with van der Waals surface area (Å²) in [6, 6.07) is 0. The van der Waals surface area contributed by atoms with Gasteiger partial charge in [-0.15, -0.1) is 0 Å². The number of allylic oxidation sites excluding steroid dienone is 1. The minimum absolute atomic E-state index is 0.138. The van der Waals surface area contributed by atoms with Crippen LogP contribution in [0.25, 0.3) is 0 Å². The maximum atomic E-state index is 9.10. The molecule has 0 radical (unpaired) electrons. The minimum Gasteiger partial charge on any atom is -0.394 e. The lowest BCUT2D eigenvalue weighted by Gasteiger charge is -2.24. The smallest absolute Gasteiger partial charge is 0.0633 e. The summed E-state index contributed by atoms with van der Waals surface area (Å²) in [6.07, 6.45) is 14.1. The van der Waals surface area contributed by atoms with Crippen molar-refractivity contribution in [2.24, 2.45) is 5.73 Å². The van der Waals surface area contributed by atoms with Crippen LogP contribution in [-0.4, -0.2) is 29.0 Å². The SMILES string of the molecule is C=C(CCCCCC)CCCCCCCC(N)(CO)CO. The van der Waals surface area contributed by atoms with Crippen molar-refractivity contribution in [1.29, 1.82) is 0 Å². The quantitative estimate of drug-likeness (QED) is 0.317. The molecule has 0 unspecified atom stereocenters. The fourth-order valence-corrected chi connectivity index (χ4v) is 2.52. The molecule has 0 amide bonds. The van der Waals surface area contributed by atoms with Gasteiger partial charge in [-0.3, -0.25) is 0 Å². The van der Waals surface area contributed by atoms with Crippen molar-refractivity contribution in [3.05, 3.63) is 12.2 Å². The molecule has 0 aromatic carbocycles. The number of aliphatic hydroxyl groups is 2. The second-order valence-corrected chi connectivity index (χ2v) is 6.51. The molecule has 0 aliphatic heterocycles. The Morgan fingerprint density at radius 1 is 0.857 bits per heavy atom. The fourth-order valence-electron chi connectivity index (χ4n) is 2.52. The monoisotopic (exact) mass is 299 g/mol. The summed E-state index contributed by atoms with van der Waals surface area (Å²) in [7, 11) is 0. The molecule has 0 fully saturated rings. The van der Waals surface area contributed by atoms with Crippen LogP contribution >= 0.6 is 0 Å². The summed E-state index contributed by atoms with van der Waals surface area (Å²) < 4.78 is 0. The van der Waals surface area contributed by atoms with Crippen LogP contribution in [0.1, 0.15) is 84.0 Å². The van der Waals surface area contributed by atoms with Gasteiger partial charge in [-0.2, -0.15) is 0 Å². The first-order valence-corrected chi connectivity index (χ1v) is 8.75. The van der Waals surface area contributed by atoms with E-state index in [4.69, 9.17) is 15.9 Å². The number of aliphatic hydroxyl groups excluding tert-OH is 2. The van der Waals surface area contributed by atoms with Crippen LogP contribution in [0.4, 0.5) is 0 Å². The molecule has 3 nitrogen and oxygen atoms in total. The molecular weight excluding hydrogens is 262 g/mol. The van der Waals surface area contributed by atoms with Crippen LogP contribution in [0.15, 0.2) is 12.2 Å². The second kappa shape index (κ2) is 13.3. The molecule has 4 N–H and O–H groups in total. The van der Waals surface area contributed by atoms with Crippen molar-refractivity contribution in [3.8, 4) is 0 Å². The number of nitrogens with two attached hydrogens (primary N) is 1. The van der Waals surface area contributed by atoms with Gasteiger partial charge >= 0.3 is 0 Å². The number of hydrogen-bond donors (Lipinski definition) is 3. The van der Waals surface area contributed by atoms with Gasteiger partial charge in [-0.1, -0.05) is 64.0 Å². The van der Waals surface area contributed by atoms with Crippen LogP contribution in [0.5, 0.6) is 0 Å². The van der Waals surface area contributed by atoms with Crippen molar-refractivity contribution in [3.63, 3.8) is 0 Å². The summed E-state index contributed by atoms with van der Waals surface area (Å²) in [5.74, 6) is 0. The third-order valence-electron chi connectivity index (χ3n) is 4.22. The average molecular weight is 299 g/mol. The molecule has 0 spiro atoms. The predicted octanol–water partition coefficient (Wildman–Crippen LogP) is 3.93. The maximum Gasteiger partial charge on any atom is 0.0633 e. The Kier molecular flexibility index (Phi) is 13.1. The highest BCUT2D eigenvalue weighted by molar-refractivity contribution is 4.93. The Hall–Kier alpha value is -0.380. The largest absolute Gasteiger partial charge is 0.394 e. The van der Waals surface area contributed by atoms with E-state index in [1.165, 1.54) is 63.4 Å². The van der Waals surface area contributed by atoms with Crippen LogP contribution in [0.3, 0.4) is 0 Å². The summed E-state index contributed by atoms with van der Waals surface area (Å²) in [6.45, 7) is 6.13. The Morgan fingerprint density at radius 3 is 1.86 bits per heavy atom. The second-order valence-electron chi connectivity index (χ2n) is 6.51. The predicted molar refractivity (Wildman–Crippen MR) is 91.3 cm³/mol. The third kappa shape index (κ3) is 11.9. The highest BCUT2D eigenvalue weighted by atomic mass is 16.3. The van der Waals surface area contributed by atoms with E-state index in [0.717, 1.165) is 12.8 Å². The van der Waals surface area contributed by atoms with Crippen molar-refractivity contribution in [2.45, 2.75) is 89.5 Å². The number of hydrogen-bond acceptors (Lipinski definition) is 3. The zero-order valence-electron chi connectivity index (χ0n) is 14.1. The molecule has 3 heteroatoms. The summed E-state index contributed by atoms with van der Waals surface area (Å²) >= 11 is 0. The van der Waals surface area contributed by atoms with Crippen LogP contribution in [0.2, 0.25) is 0 Å². The lowest BCUT2D eigenvalue weighted by atomic mass is 9.94. The van der Waals surface area contributed by atoms with Gasteiger partial charge in [-0.25, -0.2) is 0 Å². The van der Waals surface area contributed by atoms with E-state index >= 15 is 0 Å². The fraction of sp³-hybridized carbons (Fsp3) is 0.889. The molecule has 0 aromatic heterocycles. The van der Waals surface area contributed by atoms with Crippen molar-refractivity contribution in [2.75, 3.05) is 13.2 Å². The number of unbranched alkanes of at least 4 members (excludes halogenated alkanes) is 7. The van der Waals surface area contributed by atoms with E-state index in [2.05, 4.69) is 13.5 Å². The topological polar surface area (TPSA) is 66.5 Å². The van der Waals surface area contributed by atoms with Crippen molar-refractivity contribution >= 4 is 0 Å². The van der Waals surface area contributed by atoms with Crippen molar-refractivity contribution in [1.82, 2.24) is 0 Å². The molecule has 0 bridgehead atoms. The molecule has 0 saturated carbocycles. The molecule has 0 aliphatic carbocycles. The first-order valence-electron chi connectivity index (χ1n) is 8.75. The van der Waals surface area contributed by atoms with Gasteiger partial charge in [0.2, 0.25) is 0 Å². The molecule has 0 aromatic rings. The Balaban J connectivity index is 3.38. The summed E-state index contributed by atoms with van der Waals surface area (Å²) in [4.78, 5) is 0. The van der Waals surface area contributed by atoms with Gasteiger partial charge < -0.3 is 15.9 Å². The van der Waals surface area contributed by atoms with E-state index in [-0.39, 0.29) is 13.2 Å². The van der Waals surface area contributed by atoms with E-state index in [0.29, 0.717) is 6.42 Å². The molecule has 0 rings (SSSR count). The highest BCUT2D eigenvalue weighted by Gasteiger charge is 2.21. The average Bonchev–Trinajstić information content (AvgIpc) is 2.50. The molecule has 21 heavy (non-hydrogen) atoms. The molecular formula is C18H37NO2. The molecule has 0 aliphatic rings. The maximum absolute atomic E-state index is 9.10. The van der Waals surface area contributed by atoms with E-state index in [1.54, 1.807) is 0 Å². The van der Waals surface area contributed by atoms with Gasteiger partial charge in [-0.05, 0) is 32.1 Å². The minimum atomic E-state index is -0.785. The Bertz CT molecular complexity index is 250. The Morgan fingerprint density at radius 2 is 1.33 bits per heavy atom. The summed E-state index contributed by atoms with van der Waals surface area (Å²) in [5, 5.41) is 18.2. The van der Waals surface area contributed by atoms with Gasteiger partial charge in [0.25, 0.3) is 0 Å². The lowest BCUT2D eigenvalue weighted by Crippen LogP contribution is -2.47. The molecule has 0 saturated heterocycles. The lowest BCUT2D eigenvalue weighted by molar-refractivity contribution is 0.112. The third-order valence-corrected chi connectivity index (χ3v) is 4.22. The Labute approximate surface area is 131 Å². The standard InChI is InChI=1S/C18H37NO2/c1-3-4-5-9-12-17(2)13-10-7-6-8-11-14-18(19,15-20)16-21/h20-21H,2-16,19H2,1H3. The van der Waals surface area contributed by atoms with E-state index in [9.17, 15) is 0 Å².